The Morgan fingerprint density at radius 2 is 2.00 bits per heavy atom. The molecule has 0 amide bonds. The molecular formula is C15H20BrN3. The molecule has 1 heterocycles. The van der Waals surface area contributed by atoms with E-state index in [0.29, 0.717) is 0 Å². The fourth-order valence-corrected chi connectivity index (χ4v) is 2.26. The van der Waals surface area contributed by atoms with Crippen molar-refractivity contribution in [3.63, 3.8) is 0 Å². The zero-order valence-corrected chi connectivity index (χ0v) is 13.2. The number of nitrogens with zero attached hydrogens (tertiary/aromatic N) is 1. The highest BCUT2D eigenvalue weighted by Gasteiger charge is 2.07. The van der Waals surface area contributed by atoms with Crippen molar-refractivity contribution in [1.29, 1.82) is 0 Å². The first-order valence-corrected chi connectivity index (χ1v) is 7.28. The van der Waals surface area contributed by atoms with Crippen LogP contribution in [0.1, 0.15) is 20.8 Å². The lowest BCUT2D eigenvalue weighted by atomic mass is 10.1. The number of para-hydroxylation sites is 1. The SMILES string of the molecule is CC(C)(C)NCCNc1cccc2cc(Br)cnc12. The second-order valence-corrected chi connectivity index (χ2v) is 6.55. The van der Waals surface area contributed by atoms with Crippen LogP contribution in [0.2, 0.25) is 0 Å². The Morgan fingerprint density at radius 1 is 1.21 bits per heavy atom. The normalized spacial score (nSPS) is 11.8. The van der Waals surface area contributed by atoms with Gasteiger partial charge in [-0.2, -0.15) is 0 Å². The van der Waals surface area contributed by atoms with Crippen LogP contribution in [-0.2, 0) is 0 Å². The van der Waals surface area contributed by atoms with Crippen LogP contribution in [0.15, 0.2) is 34.9 Å². The van der Waals surface area contributed by atoms with Crippen LogP contribution >= 0.6 is 15.9 Å². The van der Waals surface area contributed by atoms with E-state index in [-0.39, 0.29) is 5.54 Å². The predicted octanol–water partition coefficient (Wildman–Crippen LogP) is 3.80. The van der Waals surface area contributed by atoms with Crippen molar-refractivity contribution in [3.8, 4) is 0 Å². The van der Waals surface area contributed by atoms with E-state index in [1.807, 2.05) is 6.20 Å². The molecule has 0 unspecified atom stereocenters. The van der Waals surface area contributed by atoms with Gasteiger partial charge in [-0.05, 0) is 48.8 Å². The van der Waals surface area contributed by atoms with E-state index >= 15 is 0 Å². The molecule has 102 valence electrons. The molecule has 0 aliphatic carbocycles. The molecule has 0 fully saturated rings. The lowest BCUT2D eigenvalue weighted by Crippen LogP contribution is -2.38. The maximum absolute atomic E-state index is 4.48. The molecule has 4 heteroatoms. The van der Waals surface area contributed by atoms with Gasteiger partial charge in [-0.1, -0.05) is 12.1 Å². The van der Waals surface area contributed by atoms with Crippen molar-refractivity contribution in [1.82, 2.24) is 10.3 Å². The Labute approximate surface area is 122 Å². The molecule has 0 saturated carbocycles. The maximum atomic E-state index is 4.48. The molecule has 1 aromatic heterocycles. The van der Waals surface area contributed by atoms with Crippen molar-refractivity contribution in [2.45, 2.75) is 26.3 Å². The number of hydrogen-bond donors (Lipinski definition) is 2. The van der Waals surface area contributed by atoms with Gasteiger partial charge < -0.3 is 10.6 Å². The Morgan fingerprint density at radius 3 is 2.74 bits per heavy atom. The fraction of sp³-hybridized carbons (Fsp3) is 0.400. The molecular weight excluding hydrogens is 302 g/mol. The molecule has 0 radical (unpaired) electrons. The van der Waals surface area contributed by atoms with E-state index in [4.69, 9.17) is 0 Å². The third-order valence-corrected chi connectivity index (χ3v) is 3.21. The highest BCUT2D eigenvalue weighted by Crippen LogP contribution is 2.23. The summed E-state index contributed by atoms with van der Waals surface area (Å²) in [5.41, 5.74) is 2.26. The molecule has 0 spiro atoms. The van der Waals surface area contributed by atoms with Crippen LogP contribution in [-0.4, -0.2) is 23.6 Å². The first-order valence-electron chi connectivity index (χ1n) is 6.49. The largest absolute Gasteiger partial charge is 0.382 e. The van der Waals surface area contributed by atoms with Crippen LogP contribution in [0, 0.1) is 0 Å². The van der Waals surface area contributed by atoms with Gasteiger partial charge in [0.05, 0.1) is 11.2 Å². The van der Waals surface area contributed by atoms with Crippen LogP contribution in [0.4, 0.5) is 5.69 Å². The van der Waals surface area contributed by atoms with E-state index < -0.39 is 0 Å². The smallest absolute Gasteiger partial charge is 0.0934 e. The van der Waals surface area contributed by atoms with Gasteiger partial charge in [0.1, 0.15) is 0 Å². The molecule has 0 saturated heterocycles. The van der Waals surface area contributed by atoms with Crippen LogP contribution in [0.25, 0.3) is 10.9 Å². The third-order valence-electron chi connectivity index (χ3n) is 2.77. The van der Waals surface area contributed by atoms with Crippen molar-refractivity contribution in [2.75, 3.05) is 18.4 Å². The fourth-order valence-electron chi connectivity index (χ4n) is 1.91. The molecule has 0 bridgehead atoms. The number of hydrogen-bond acceptors (Lipinski definition) is 3. The Kier molecular flexibility index (Phi) is 4.42. The van der Waals surface area contributed by atoms with E-state index in [1.165, 1.54) is 0 Å². The van der Waals surface area contributed by atoms with Crippen LogP contribution < -0.4 is 10.6 Å². The first kappa shape index (κ1) is 14.3. The van der Waals surface area contributed by atoms with Crippen LogP contribution in [0.3, 0.4) is 0 Å². The number of aromatic nitrogens is 1. The minimum atomic E-state index is 0.156. The summed E-state index contributed by atoms with van der Waals surface area (Å²) in [6.07, 6.45) is 1.83. The molecule has 2 N–H and O–H groups in total. The van der Waals surface area contributed by atoms with Gasteiger partial charge in [-0.15, -0.1) is 0 Å². The summed E-state index contributed by atoms with van der Waals surface area (Å²) < 4.78 is 1.01. The average molecular weight is 322 g/mol. The summed E-state index contributed by atoms with van der Waals surface area (Å²) >= 11 is 3.45. The average Bonchev–Trinajstić information content (AvgIpc) is 2.33. The summed E-state index contributed by atoms with van der Waals surface area (Å²) in [7, 11) is 0. The van der Waals surface area contributed by atoms with E-state index in [2.05, 4.69) is 76.6 Å². The molecule has 3 nitrogen and oxygen atoms in total. The Bertz CT molecular complexity index is 561. The van der Waals surface area contributed by atoms with Crippen LogP contribution in [0.5, 0.6) is 0 Å². The summed E-state index contributed by atoms with van der Waals surface area (Å²) in [6, 6.07) is 8.28. The summed E-state index contributed by atoms with van der Waals surface area (Å²) in [6.45, 7) is 8.32. The van der Waals surface area contributed by atoms with E-state index in [0.717, 1.165) is 34.2 Å². The molecule has 0 aliphatic heterocycles. The lowest BCUT2D eigenvalue weighted by Gasteiger charge is -2.20. The van der Waals surface area contributed by atoms with E-state index in [1.54, 1.807) is 0 Å². The number of anilines is 1. The van der Waals surface area contributed by atoms with Crippen molar-refractivity contribution in [3.05, 3.63) is 34.9 Å². The predicted molar refractivity (Wildman–Crippen MR) is 85.7 cm³/mol. The van der Waals surface area contributed by atoms with Gasteiger partial charge in [0, 0.05) is 34.7 Å². The molecule has 0 aliphatic rings. The number of rotatable bonds is 4. The molecule has 19 heavy (non-hydrogen) atoms. The van der Waals surface area contributed by atoms with Gasteiger partial charge >= 0.3 is 0 Å². The number of fused-ring (bicyclic) bond motifs is 1. The molecule has 2 aromatic rings. The van der Waals surface area contributed by atoms with Crippen molar-refractivity contribution < 1.29 is 0 Å². The second-order valence-electron chi connectivity index (χ2n) is 5.63. The van der Waals surface area contributed by atoms with Gasteiger partial charge in [-0.3, -0.25) is 4.98 Å². The van der Waals surface area contributed by atoms with Gasteiger partial charge in [0.25, 0.3) is 0 Å². The Hall–Kier alpha value is -1.13. The topological polar surface area (TPSA) is 37.0 Å². The molecule has 0 atom stereocenters. The van der Waals surface area contributed by atoms with E-state index in [9.17, 15) is 0 Å². The monoisotopic (exact) mass is 321 g/mol. The summed E-state index contributed by atoms with van der Waals surface area (Å²) in [5.74, 6) is 0. The number of pyridine rings is 1. The zero-order valence-electron chi connectivity index (χ0n) is 11.6. The lowest BCUT2D eigenvalue weighted by molar-refractivity contribution is 0.435. The summed E-state index contributed by atoms with van der Waals surface area (Å²) in [4.78, 5) is 4.48. The zero-order chi connectivity index (χ0) is 13.9. The Balaban J connectivity index is 2.05. The minimum Gasteiger partial charge on any atom is -0.382 e. The molecule has 1 aromatic carbocycles. The third kappa shape index (κ3) is 4.18. The highest BCUT2D eigenvalue weighted by molar-refractivity contribution is 9.10. The maximum Gasteiger partial charge on any atom is 0.0934 e. The van der Waals surface area contributed by atoms with Gasteiger partial charge in [0.2, 0.25) is 0 Å². The van der Waals surface area contributed by atoms with Gasteiger partial charge in [-0.25, -0.2) is 0 Å². The minimum absolute atomic E-state index is 0.156. The standard InChI is InChI=1S/C15H20BrN3/c1-15(2,3)19-8-7-17-13-6-4-5-11-9-12(16)10-18-14(11)13/h4-6,9-10,17,19H,7-8H2,1-3H3. The number of benzene rings is 1. The summed E-state index contributed by atoms with van der Waals surface area (Å²) in [5, 5.41) is 8.04. The highest BCUT2D eigenvalue weighted by atomic mass is 79.9. The number of nitrogens with one attached hydrogen (secondary N) is 2. The second kappa shape index (κ2) is 5.88. The van der Waals surface area contributed by atoms with Crippen molar-refractivity contribution in [2.24, 2.45) is 0 Å². The van der Waals surface area contributed by atoms with Crippen molar-refractivity contribution >= 4 is 32.5 Å². The molecule has 2 rings (SSSR count). The number of halogens is 1. The first-order chi connectivity index (χ1) is 8.96. The quantitative estimate of drug-likeness (QED) is 0.841. The van der Waals surface area contributed by atoms with Gasteiger partial charge in [0.15, 0.2) is 0 Å².